The molecule has 1 amide bonds. The molecule has 0 saturated heterocycles. The first kappa shape index (κ1) is 27.3. The molecule has 36 heavy (non-hydrogen) atoms. The Balaban J connectivity index is 1.68. The van der Waals surface area contributed by atoms with Crippen molar-refractivity contribution in [3.8, 4) is 11.1 Å². The Labute approximate surface area is 212 Å². The molecule has 0 aromatic heterocycles. The zero-order valence-electron chi connectivity index (χ0n) is 20.5. The minimum atomic E-state index is -3.79. The Morgan fingerprint density at radius 3 is 2.03 bits per heavy atom. The summed E-state index contributed by atoms with van der Waals surface area (Å²) in [4.78, 5) is 36.0. The first-order chi connectivity index (χ1) is 17.2. The molecule has 0 bridgehead atoms. The molecule has 0 aliphatic carbocycles. The average molecular weight is 509 g/mol. The van der Waals surface area contributed by atoms with Gasteiger partial charge >= 0.3 is 5.97 Å². The Kier molecular flexibility index (Phi) is 9.59. The average Bonchev–Trinajstić information content (AvgIpc) is 2.88. The summed E-state index contributed by atoms with van der Waals surface area (Å²) in [5, 5.41) is 2.65. The van der Waals surface area contributed by atoms with E-state index in [2.05, 4.69) is 5.32 Å². The molecule has 190 valence electrons. The van der Waals surface area contributed by atoms with E-state index in [1.807, 2.05) is 84.9 Å². The summed E-state index contributed by atoms with van der Waals surface area (Å²) in [6, 6.07) is 25.9. The van der Waals surface area contributed by atoms with E-state index in [0.717, 1.165) is 22.3 Å². The Bertz CT molecular complexity index is 1180. The number of rotatable bonds is 11. The van der Waals surface area contributed by atoms with Gasteiger partial charge in [0.15, 0.2) is 0 Å². The van der Waals surface area contributed by atoms with Crippen LogP contribution in [-0.4, -0.2) is 34.8 Å². The Morgan fingerprint density at radius 2 is 1.44 bits per heavy atom. The van der Waals surface area contributed by atoms with Gasteiger partial charge in [0, 0.05) is 6.16 Å². The molecule has 7 nitrogen and oxygen atoms in total. The smallest absolute Gasteiger partial charge is 0.328 e. The quantitative estimate of drug-likeness (QED) is 0.262. The molecule has 4 unspecified atom stereocenters. The second-order valence-electron chi connectivity index (χ2n) is 8.97. The third-order valence-electron chi connectivity index (χ3n) is 5.97. The number of benzene rings is 3. The van der Waals surface area contributed by atoms with Crippen LogP contribution in [0.1, 0.15) is 25.0 Å². The number of hydrogen-bond donors (Lipinski definition) is 3. The minimum absolute atomic E-state index is 0.0909. The predicted molar refractivity (Wildman–Crippen MR) is 141 cm³/mol. The summed E-state index contributed by atoms with van der Waals surface area (Å²) in [5.74, 6) is -2.90. The molecule has 0 heterocycles. The molecule has 3 aromatic carbocycles. The van der Waals surface area contributed by atoms with Gasteiger partial charge in [-0.3, -0.25) is 9.36 Å². The van der Waals surface area contributed by atoms with Crippen molar-refractivity contribution in [1.29, 1.82) is 0 Å². The van der Waals surface area contributed by atoms with Crippen LogP contribution in [0.25, 0.3) is 11.1 Å². The zero-order valence-corrected chi connectivity index (χ0v) is 21.4. The first-order valence-electron chi connectivity index (χ1n) is 11.9. The van der Waals surface area contributed by atoms with E-state index >= 15 is 0 Å². The zero-order chi connectivity index (χ0) is 26.1. The van der Waals surface area contributed by atoms with Crippen LogP contribution >= 0.6 is 7.37 Å². The number of nitrogens with one attached hydrogen (secondary N) is 1. The predicted octanol–water partition coefficient (Wildman–Crippen LogP) is 4.34. The van der Waals surface area contributed by atoms with E-state index in [9.17, 15) is 19.0 Å². The van der Waals surface area contributed by atoms with Gasteiger partial charge in [-0.1, -0.05) is 84.9 Å². The minimum Gasteiger partial charge on any atom is -0.459 e. The van der Waals surface area contributed by atoms with Crippen LogP contribution in [0.4, 0.5) is 0 Å². The molecule has 0 fully saturated rings. The van der Waals surface area contributed by atoms with Crippen molar-refractivity contribution < 1.29 is 23.8 Å². The van der Waals surface area contributed by atoms with E-state index in [1.54, 1.807) is 0 Å². The van der Waals surface area contributed by atoms with Crippen LogP contribution in [0.15, 0.2) is 84.9 Å². The van der Waals surface area contributed by atoms with Crippen LogP contribution in [-0.2, 0) is 31.9 Å². The van der Waals surface area contributed by atoms with Crippen molar-refractivity contribution in [3.63, 3.8) is 0 Å². The third kappa shape index (κ3) is 7.89. The highest BCUT2D eigenvalue weighted by Crippen LogP contribution is 2.46. The maximum Gasteiger partial charge on any atom is 0.328 e. The van der Waals surface area contributed by atoms with E-state index < -0.39 is 37.0 Å². The lowest BCUT2D eigenvalue weighted by molar-refractivity contribution is -0.148. The number of amides is 1. The van der Waals surface area contributed by atoms with Gasteiger partial charge in [-0.15, -0.1) is 0 Å². The van der Waals surface area contributed by atoms with Gasteiger partial charge in [0.1, 0.15) is 12.6 Å². The van der Waals surface area contributed by atoms with Crippen molar-refractivity contribution >= 4 is 19.2 Å². The fraction of sp³-hybridized carbons (Fsp3) is 0.286. The highest BCUT2D eigenvalue weighted by Gasteiger charge is 2.33. The van der Waals surface area contributed by atoms with Gasteiger partial charge in [-0.2, -0.15) is 0 Å². The van der Waals surface area contributed by atoms with E-state index in [1.165, 1.54) is 13.8 Å². The number of carbonyl (C=O) groups excluding carboxylic acids is 2. The summed E-state index contributed by atoms with van der Waals surface area (Å²) in [5.41, 5.74) is 9.48. The fourth-order valence-corrected chi connectivity index (χ4v) is 4.97. The largest absolute Gasteiger partial charge is 0.459 e. The molecule has 3 rings (SSSR count). The van der Waals surface area contributed by atoms with Crippen molar-refractivity contribution in [2.75, 3.05) is 6.16 Å². The van der Waals surface area contributed by atoms with Crippen LogP contribution in [0.2, 0.25) is 0 Å². The molecular formula is C28H33N2O5P. The lowest BCUT2D eigenvalue weighted by Gasteiger charge is -2.24. The van der Waals surface area contributed by atoms with E-state index in [0.29, 0.717) is 0 Å². The lowest BCUT2D eigenvalue weighted by Crippen LogP contribution is -2.44. The lowest BCUT2D eigenvalue weighted by atomic mass is 9.97. The molecule has 8 heteroatoms. The molecule has 0 spiro atoms. The second kappa shape index (κ2) is 12.6. The Hall–Kier alpha value is -3.25. The van der Waals surface area contributed by atoms with Crippen LogP contribution in [0.3, 0.4) is 0 Å². The maximum absolute atomic E-state index is 13.1. The highest BCUT2D eigenvalue weighted by molar-refractivity contribution is 7.58. The maximum atomic E-state index is 13.1. The Morgan fingerprint density at radius 1 is 0.889 bits per heavy atom. The van der Waals surface area contributed by atoms with Gasteiger partial charge in [0.2, 0.25) is 13.3 Å². The molecule has 4 N–H and O–H groups in total. The van der Waals surface area contributed by atoms with Crippen molar-refractivity contribution in [3.05, 3.63) is 96.1 Å². The van der Waals surface area contributed by atoms with Crippen molar-refractivity contribution in [2.24, 2.45) is 11.7 Å². The molecule has 0 saturated carbocycles. The number of hydrogen-bond acceptors (Lipinski definition) is 5. The van der Waals surface area contributed by atoms with Crippen LogP contribution in [0.5, 0.6) is 0 Å². The second-order valence-corrected chi connectivity index (χ2v) is 11.7. The molecule has 4 atom stereocenters. The normalized spacial score (nSPS) is 15.2. The van der Waals surface area contributed by atoms with Gasteiger partial charge < -0.3 is 20.7 Å². The molecule has 0 aliphatic heterocycles. The standard InChI is InChI=1S/C28H33N2O5P/c1-20(28(32)35-18-23-9-5-3-6-10-23)30-27(31)26(19-36(33,34)21(2)29)17-22-13-15-25(16-14-22)24-11-7-4-8-12-24/h3-16,20-21,26H,17-19,29H2,1-2H3,(H,30,31)(H,33,34). The van der Waals surface area contributed by atoms with Gasteiger partial charge in [-0.05, 0) is 42.5 Å². The van der Waals surface area contributed by atoms with E-state index in [4.69, 9.17) is 10.5 Å². The van der Waals surface area contributed by atoms with Crippen LogP contribution < -0.4 is 11.1 Å². The number of esters is 1. The monoisotopic (exact) mass is 508 g/mol. The van der Waals surface area contributed by atoms with E-state index in [-0.39, 0.29) is 19.2 Å². The number of nitrogens with two attached hydrogens (primary N) is 1. The summed E-state index contributed by atoms with van der Waals surface area (Å²) in [6.07, 6.45) is -0.0628. The molecule has 0 radical (unpaired) electrons. The number of ether oxygens (including phenoxy) is 1. The van der Waals surface area contributed by atoms with Gasteiger partial charge in [0.25, 0.3) is 0 Å². The summed E-state index contributed by atoms with van der Waals surface area (Å²) >= 11 is 0. The molecule has 0 aliphatic rings. The first-order valence-corrected chi connectivity index (χ1v) is 13.8. The summed E-state index contributed by atoms with van der Waals surface area (Å²) in [6.45, 7) is 3.07. The van der Waals surface area contributed by atoms with Crippen molar-refractivity contribution in [2.45, 2.75) is 38.7 Å². The summed E-state index contributed by atoms with van der Waals surface area (Å²) < 4.78 is 18.0. The topological polar surface area (TPSA) is 119 Å². The van der Waals surface area contributed by atoms with Crippen LogP contribution in [0, 0.1) is 5.92 Å². The number of carbonyl (C=O) groups is 2. The third-order valence-corrected chi connectivity index (χ3v) is 8.21. The van der Waals surface area contributed by atoms with Gasteiger partial charge in [0.05, 0.1) is 11.7 Å². The van der Waals surface area contributed by atoms with Gasteiger partial charge in [-0.25, -0.2) is 4.79 Å². The SMILES string of the molecule is CC(NC(=O)C(Cc1ccc(-c2ccccc2)cc1)CP(=O)(O)C(C)N)C(=O)OCc1ccccc1. The fourth-order valence-electron chi connectivity index (χ4n) is 3.71. The summed E-state index contributed by atoms with van der Waals surface area (Å²) in [7, 11) is -3.79. The van der Waals surface area contributed by atoms with Crippen molar-refractivity contribution in [1.82, 2.24) is 5.32 Å². The molecule has 3 aromatic rings. The highest BCUT2D eigenvalue weighted by atomic mass is 31.2. The molecular weight excluding hydrogens is 475 g/mol.